The Morgan fingerprint density at radius 1 is 1.04 bits per heavy atom. The molecule has 0 radical (unpaired) electrons. The number of carbonyl (C=O) groups is 1. The molecule has 3 aromatic rings. The van der Waals surface area contributed by atoms with E-state index in [4.69, 9.17) is 4.74 Å². The summed E-state index contributed by atoms with van der Waals surface area (Å²) in [5, 5.41) is 0. The quantitative estimate of drug-likeness (QED) is 0.496. The van der Waals surface area contributed by atoms with Gasteiger partial charge < -0.3 is 9.30 Å². The molecule has 1 aromatic heterocycles. The van der Waals surface area contributed by atoms with Gasteiger partial charge in [0.2, 0.25) is 0 Å². The van der Waals surface area contributed by atoms with Gasteiger partial charge in [-0.25, -0.2) is 4.79 Å². The molecule has 0 spiro atoms. The van der Waals surface area contributed by atoms with Crippen molar-refractivity contribution in [3.63, 3.8) is 0 Å². The molecule has 0 fully saturated rings. The predicted molar refractivity (Wildman–Crippen MR) is 105 cm³/mol. The number of hydrogen-bond acceptors (Lipinski definition) is 3. The van der Waals surface area contributed by atoms with Crippen LogP contribution in [0.2, 0.25) is 0 Å². The number of methoxy groups -OCH3 is 1. The maximum absolute atomic E-state index is 11.6. The van der Waals surface area contributed by atoms with Crippen molar-refractivity contribution < 1.29 is 9.53 Å². The number of hydrogen-bond donors (Lipinski definition) is 0. The summed E-state index contributed by atoms with van der Waals surface area (Å²) in [6, 6.07) is 17.6. The summed E-state index contributed by atoms with van der Waals surface area (Å²) in [4.78, 5) is 16.2. The molecule has 0 atom stereocenters. The minimum Gasteiger partial charge on any atom is -0.465 e. The molecule has 132 valence electrons. The molecular weight excluding hydrogens is 324 g/mol. The second-order valence-electron chi connectivity index (χ2n) is 6.25. The lowest BCUT2D eigenvalue weighted by molar-refractivity contribution is 0.0601. The normalized spacial score (nSPS) is 11.1. The van der Waals surface area contributed by atoms with Crippen LogP contribution in [-0.2, 0) is 4.74 Å². The summed E-state index contributed by atoms with van der Waals surface area (Å²) >= 11 is 0. The number of carbonyl (C=O) groups excluding carboxylic acids is 1. The van der Waals surface area contributed by atoms with Gasteiger partial charge in [0.15, 0.2) is 0 Å². The third-order valence-electron chi connectivity index (χ3n) is 4.48. The van der Waals surface area contributed by atoms with Crippen molar-refractivity contribution in [3.05, 3.63) is 82.7 Å². The van der Waals surface area contributed by atoms with E-state index in [2.05, 4.69) is 42.5 Å². The molecule has 0 unspecified atom stereocenters. The lowest BCUT2D eigenvalue weighted by Gasteiger charge is -2.10. The van der Waals surface area contributed by atoms with E-state index in [1.54, 1.807) is 12.1 Å². The van der Waals surface area contributed by atoms with Crippen molar-refractivity contribution in [1.29, 1.82) is 0 Å². The summed E-state index contributed by atoms with van der Waals surface area (Å²) < 4.78 is 6.91. The Morgan fingerprint density at radius 3 is 2.38 bits per heavy atom. The first kappa shape index (κ1) is 17.7. The number of esters is 1. The van der Waals surface area contributed by atoms with Crippen LogP contribution in [0.5, 0.6) is 0 Å². The molecule has 3 rings (SSSR count). The monoisotopic (exact) mass is 346 g/mol. The Morgan fingerprint density at radius 2 is 1.73 bits per heavy atom. The van der Waals surface area contributed by atoms with E-state index < -0.39 is 0 Å². The standard InChI is InChI=1S/C22H22N2O2/c1-15-7-5-6-8-21(15)23-14-19-13-16(2)24(17(19)3)20-11-9-18(10-12-20)22(25)26-4/h5-14H,1-4H3. The number of benzene rings is 2. The van der Waals surface area contributed by atoms with Crippen LogP contribution in [0.15, 0.2) is 59.6 Å². The highest BCUT2D eigenvalue weighted by molar-refractivity contribution is 5.89. The fraction of sp³-hybridized carbons (Fsp3) is 0.182. The van der Waals surface area contributed by atoms with Crippen molar-refractivity contribution in [2.24, 2.45) is 4.99 Å². The Labute approximate surface area is 153 Å². The highest BCUT2D eigenvalue weighted by Crippen LogP contribution is 2.22. The summed E-state index contributed by atoms with van der Waals surface area (Å²) in [6.07, 6.45) is 1.91. The van der Waals surface area contributed by atoms with Gasteiger partial charge in [-0.3, -0.25) is 4.99 Å². The molecule has 26 heavy (non-hydrogen) atoms. The minimum absolute atomic E-state index is 0.330. The summed E-state index contributed by atoms with van der Waals surface area (Å²) in [7, 11) is 1.39. The Hall–Kier alpha value is -3.14. The van der Waals surface area contributed by atoms with Crippen molar-refractivity contribution in [2.45, 2.75) is 20.8 Å². The zero-order valence-corrected chi connectivity index (χ0v) is 15.5. The van der Waals surface area contributed by atoms with Crippen molar-refractivity contribution >= 4 is 17.9 Å². The van der Waals surface area contributed by atoms with Crippen molar-refractivity contribution in [3.8, 4) is 5.69 Å². The Kier molecular flexibility index (Phi) is 5.03. The van der Waals surface area contributed by atoms with E-state index in [9.17, 15) is 4.79 Å². The van der Waals surface area contributed by atoms with E-state index >= 15 is 0 Å². The molecular formula is C22H22N2O2. The van der Waals surface area contributed by atoms with E-state index in [1.165, 1.54) is 7.11 Å². The van der Waals surface area contributed by atoms with Gasteiger partial charge in [-0.15, -0.1) is 0 Å². The highest BCUT2D eigenvalue weighted by atomic mass is 16.5. The lowest BCUT2D eigenvalue weighted by Crippen LogP contribution is -2.03. The molecule has 0 amide bonds. The smallest absolute Gasteiger partial charge is 0.337 e. The molecule has 4 heteroatoms. The first-order valence-corrected chi connectivity index (χ1v) is 8.48. The van der Waals surface area contributed by atoms with Crippen LogP contribution in [0.3, 0.4) is 0 Å². The third-order valence-corrected chi connectivity index (χ3v) is 4.48. The third kappa shape index (κ3) is 3.45. The van der Waals surface area contributed by atoms with Gasteiger partial charge in [0.25, 0.3) is 0 Å². The van der Waals surface area contributed by atoms with Crippen LogP contribution >= 0.6 is 0 Å². The lowest BCUT2D eigenvalue weighted by atomic mass is 10.2. The van der Waals surface area contributed by atoms with Crippen LogP contribution in [-0.4, -0.2) is 23.9 Å². The number of para-hydroxylation sites is 1. The van der Waals surface area contributed by atoms with Gasteiger partial charge in [0, 0.05) is 28.9 Å². The number of nitrogens with zero attached hydrogens (tertiary/aromatic N) is 2. The van der Waals surface area contributed by atoms with Crippen LogP contribution < -0.4 is 0 Å². The average molecular weight is 346 g/mol. The average Bonchev–Trinajstić information content (AvgIpc) is 2.94. The molecule has 0 N–H and O–H groups in total. The number of aryl methyl sites for hydroxylation is 2. The van der Waals surface area contributed by atoms with E-state index in [-0.39, 0.29) is 5.97 Å². The Balaban J connectivity index is 1.93. The van der Waals surface area contributed by atoms with Gasteiger partial charge in [-0.1, -0.05) is 18.2 Å². The van der Waals surface area contributed by atoms with Gasteiger partial charge in [0.1, 0.15) is 0 Å². The van der Waals surface area contributed by atoms with Crippen LogP contribution in [0, 0.1) is 20.8 Å². The Bertz CT molecular complexity index is 966. The molecule has 0 aliphatic rings. The van der Waals surface area contributed by atoms with Gasteiger partial charge >= 0.3 is 5.97 Å². The van der Waals surface area contributed by atoms with Crippen molar-refractivity contribution in [2.75, 3.05) is 7.11 Å². The summed E-state index contributed by atoms with van der Waals surface area (Å²) in [5.74, 6) is -0.330. The largest absolute Gasteiger partial charge is 0.465 e. The number of aromatic nitrogens is 1. The molecule has 0 bridgehead atoms. The van der Waals surface area contributed by atoms with Crippen LogP contribution in [0.25, 0.3) is 5.69 Å². The first-order chi connectivity index (χ1) is 12.5. The van der Waals surface area contributed by atoms with Crippen molar-refractivity contribution in [1.82, 2.24) is 4.57 Å². The zero-order valence-electron chi connectivity index (χ0n) is 15.5. The fourth-order valence-electron chi connectivity index (χ4n) is 3.03. The molecule has 0 saturated carbocycles. The molecule has 4 nitrogen and oxygen atoms in total. The van der Waals surface area contributed by atoms with Crippen LogP contribution in [0.4, 0.5) is 5.69 Å². The van der Waals surface area contributed by atoms with E-state index in [0.717, 1.165) is 33.9 Å². The SMILES string of the molecule is COC(=O)c1ccc(-n2c(C)cc(C=Nc3ccccc3C)c2C)cc1. The highest BCUT2D eigenvalue weighted by Gasteiger charge is 2.11. The van der Waals surface area contributed by atoms with Gasteiger partial charge in [-0.2, -0.15) is 0 Å². The first-order valence-electron chi connectivity index (χ1n) is 8.48. The maximum atomic E-state index is 11.6. The van der Waals surface area contributed by atoms with E-state index in [0.29, 0.717) is 5.56 Å². The number of rotatable bonds is 4. The molecule has 2 aromatic carbocycles. The number of ether oxygens (including phenoxy) is 1. The summed E-state index contributed by atoms with van der Waals surface area (Å²) in [6.45, 7) is 6.19. The fourth-order valence-corrected chi connectivity index (χ4v) is 3.03. The molecule has 0 aliphatic heterocycles. The van der Waals surface area contributed by atoms with Crippen LogP contribution in [0.1, 0.15) is 32.9 Å². The number of aliphatic imine (C=N–C) groups is 1. The zero-order chi connectivity index (χ0) is 18.7. The second-order valence-corrected chi connectivity index (χ2v) is 6.25. The second kappa shape index (κ2) is 7.40. The summed E-state index contributed by atoms with van der Waals surface area (Å²) in [5.41, 5.74) is 6.95. The van der Waals surface area contributed by atoms with Gasteiger partial charge in [0.05, 0.1) is 18.4 Å². The van der Waals surface area contributed by atoms with Gasteiger partial charge in [-0.05, 0) is 62.7 Å². The maximum Gasteiger partial charge on any atom is 0.337 e. The molecule has 1 heterocycles. The topological polar surface area (TPSA) is 43.6 Å². The minimum atomic E-state index is -0.330. The molecule has 0 aliphatic carbocycles. The predicted octanol–water partition coefficient (Wildman–Crippen LogP) is 4.94. The van der Waals surface area contributed by atoms with E-state index in [1.807, 2.05) is 36.5 Å². The molecule has 0 saturated heterocycles.